The molecule has 1 aliphatic carbocycles. The Morgan fingerprint density at radius 1 is 1.07 bits per heavy atom. The first kappa shape index (κ1) is 19.8. The molecule has 0 bridgehead atoms. The number of methoxy groups -OCH3 is 1. The largest absolute Gasteiger partial charge is 0.469 e. The Labute approximate surface area is 159 Å². The second-order valence-corrected chi connectivity index (χ2v) is 7.68. The van der Waals surface area contributed by atoms with Gasteiger partial charge in [0.2, 0.25) is 5.91 Å². The Hall–Kier alpha value is -1.95. The monoisotopic (exact) mass is 377 g/mol. The molecule has 1 saturated heterocycles. The van der Waals surface area contributed by atoms with Crippen molar-refractivity contribution < 1.29 is 23.8 Å². The molecule has 0 unspecified atom stereocenters. The first-order valence-electron chi connectivity index (χ1n) is 9.81. The molecule has 2 aliphatic rings. The molecule has 2 fully saturated rings. The minimum absolute atomic E-state index is 0.0415. The summed E-state index contributed by atoms with van der Waals surface area (Å²) in [7, 11) is 1.38. The van der Waals surface area contributed by atoms with Crippen LogP contribution in [0, 0.1) is 23.6 Å². The van der Waals surface area contributed by atoms with Gasteiger partial charge in [0.1, 0.15) is 5.82 Å². The predicted molar refractivity (Wildman–Crippen MR) is 98.1 cm³/mol. The van der Waals surface area contributed by atoms with Crippen LogP contribution in [0.15, 0.2) is 24.3 Å². The third kappa shape index (κ3) is 4.49. The van der Waals surface area contributed by atoms with Gasteiger partial charge in [0.25, 0.3) is 0 Å². The number of carbonyl (C=O) groups excluding carboxylic acids is 2. The maximum atomic E-state index is 13.1. The van der Waals surface area contributed by atoms with E-state index in [1.807, 2.05) is 4.90 Å². The van der Waals surface area contributed by atoms with Crippen molar-refractivity contribution >= 4 is 11.9 Å². The number of aliphatic hydroxyl groups is 1. The van der Waals surface area contributed by atoms with Crippen molar-refractivity contribution in [1.29, 1.82) is 0 Å². The third-order valence-corrected chi connectivity index (χ3v) is 6.10. The standard InChI is InChI=1S/C21H28FNO4/c1-27-21(26)18-5-3-2-4-17(18)20(25)23-12-10-15(11-13-23)19(24)14-6-8-16(22)9-7-14/h6-9,15,17-19,24H,2-5,10-13H2,1H3/t17-,18-,19-/m1/s1. The van der Waals surface area contributed by atoms with Gasteiger partial charge in [-0.3, -0.25) is 9.59 Å². The number of ether oxygens (including phenoxy) is 1. The molecule has 1 aromatic rings. The summed E-state index contributed by atoms with van der Waals surface area (Å²) < 4.78 is 18.0. The van der Waals surface area contributed by atoms with E-state index in [-0.39, 0.29) is 35.4 Å². The van der Waals surface area contributed by atoms with Gasteiger partial charge in [0.05, 0.1) is 25.0 Å². The molecule has 6 heteroatoms. The van der Waals surface area contributed by atoms with Crippen molar-refractivity contribution in [1.82, 2.24) is 4.90 Å². The number of halogens is 1. The minimum Gasteiger partial charge on any atom is -0.469 e. The van der Waals surface area contributed by atoms with Crippen LogP contribution in [0.4, 0.5) is 4.39 Å². The van der Waals surface area contributed by atoms with Crippen LogP contribution < -0.4 is 0 Å². The normalized spacial score (nSPS) is 25.1. The number of benzene rings is 1. The van der Waals surface area contributed by atoms with Crippen LogP contribution in [0.25, 0.3) is 0 Å². The highest BCUT2D eigenvalue weighted by atomic mass is 19.1. The summed E-state index contributed by atoms with van der Waals surface area (Å²) in [5.41, 5.74) is 0.708. The molecule has 1 aromatic carbocycles. The summed E-state index contributed by atoms with van der Waals surface area (Å²) in [6, 6.07) is 5.93. The highest BCUT2D eigenvalue weighted by molar-refractivity contribution is 5.85. The third-order valence-electron chi connectivity index (χ3n) is 6.10. The summed E-state index contributed by atoms with van der Waals surface area (Å²) >= 11 is 0. The van der Waals surface area contributed by atoms with E-state index in [4.69, 9.17) is 4.74 Å². The smallest absolute Gasteiger partial charge is 0.309 e. The van der Waals surface area contributed by atoms with E-state index in [1.54, 1.807) is 12.1 Å². The Morgan fingerprint density at radius 2 is 1.67 bits per heavy atom. The molecular formula is C21H28FNO4. The number of rotatable bonds is 4. The van der Waals surface area contributed by atoms with Crippen LogP contribution in [0.2, 0.25) is 0 Å². The molecule has 1 amide bonds. The molecule has 3 rings (SSSR count). The number of aliphatic hydroxyl groups excluding tert-OH is 1. The highest BCUT2D eigenvalue weighted by Crippen LogP contribution is 2.35. The molecule has 1 N–H and O–H groups in total. The zero-order chi connectivity index (χ0) is 19.4. The first-order valence-corrected chi connectivity index (χ1v) is 9.81. The second kappa shape index (κ2) is 8.83. The number of esters is 1. The topological polar surface area (TPSA) is 66.8 Å². The summed E-state index contributed by atoms with van der Waals surface area (Å²) in [5.74, 6) is -1.14. The van der Waals surface area contributed by atoms with Crippen molar-refractivity contribution in [2.45, 2.75) is 44.6 Å². The Bertz CT molecular complexity index is 655. The van der Waals surface area contributed by atoms with Crippen LogP contribution in [0.1, 0.15) is 50.2 Å². The van der Waals surface area contributed by atoms with Crippen molar-refractivity contribution in [3.8, 4) is 0 Å². The van der Waals surface area contributed by atoms with E-state index in [0.717, 1.165) is 19.3 Å². The van der Waals surface area contributed by atoms with Gasteiger partial charge < -0.3 is 14.7 Å². The van der Waals surface area contributed by atoms with Crippen LogP contribution >= 0.6 is 0 Å². The fraction of sp³-hybridized carbons (Fsp3) is 0.619. The van der Waals surface area contributed by atoms with E-state index in [1.165, 1.54) is 19.2 Å². The van der Waals surface area contributed by atoms with Crippen LogP contribution in [0.5, 0.6) is 0 Å². The number of nitrogens with zero attached hydrogens (tertiary/aromatic N) is 1. The van der Waals surface area contributed by atoms with Gasteiger partial charge in [-0.05, 0) is 49.3 Å². The van der Waals surface area contributed by atoms with Gasteiger partial charge in [-0.15, -0.1) is 0 Å². The maximum Gasteiger partial charge on any atom is 0.309 e. The average Bonchev–Trinajstić information content (AvgIpc) is 2.73. The zero-order valence-corrected chi connectivity index (χ0v) is 15.8. The number of carbonyl (C=O) groups is 2. The summed E-state index contributed by atoms with van der Waals surface area (Å²) in [5, 5.41) is 10.6. The zero-order valence-electron chi connectivity index (χ0n) is 15.8. The molecule has 1 saturated carbocycles. The second-order valence-electron chi connectivity index (χ2n) is 7.68. The van der Waals surface area contributed by atoms with Gasteiger partial charge in [-0.25, -0.2) is 4.39 Å². The fourth-order valence-corrected chi connectivity index (χ4v) is 4.46. The van der Waals surface area contributed by atoms with Gasteiger partial charge in [-0.1, -0.05) is 25.0 Å². The summed E-state index contributed by atoms with van der Waals surface area (Å²) in [6.45, 7) is 1.15. The number of hydrogen-bond acceptors (Lipinski definition) is 4. The van der Waals surface area contributed by atoms with Crippen LogP contribution in [0.3, 0.4) is 0 Å². The van der Waals surface area contributed by atoms with E-state index in [2.05, 4.69) is 0 Å². The lowest BCUT2D eigenvalue weighted by molar-refractivity contribution is -0.155. The lowest BCUT2D eigenvalue weighted by atomic mass is 9.78. The lowest BCUT2D eigenvalue weighted by Crippen LogP contribution is -2.46. The Kier molecular flexibility index (Phi) is 6.47. The van der Waals surface area contributed by atoms with Crippen LogP contribution in [-0.4, -0.2) is 42.1 Å². The average molecular weight is 377 g/mol. The van der Waals surface area contributed by atoms with Crippen molar-refractivity contribution in [3.63, 3.8) is 0 Å². The summed E-state index contributed by atoms with van der Waals surface area (Å²) in [4.78, 5) is 26.8. The van der Waals surface area contributed by atoms with Gasteiger partial charge >= 0.3 is 5.97 Å². The van der Waals surface area contributed by atoms with Gasteiger partial charge in [0.15, 0.2) is 0 Å². The maximum absolute atomic E-state index is 13.1. The molecule has 1 heterocycles. The SMILES string of the molecule is COC(=O)[C@@H]1CCCC[C@H]1C(=O)N1CCC([C@H](O)c2ccc(F)cc2)CC1. The number of hydrogen-bond donors (Lipinski definition) is 1. The van der Waals surface area contributed by atoms with Crippen molar-refractivity contribution in [3.05, 3.63) is 35.6 Å². The minimum atomic E-state index is -0.652. The first-order chi connectivity index (χ1) is 13.0. The lowest BCUT2D eigenvalue weighted by Gasteiger charge is -2.38. The molecular weight excluding hydrogens is 349 g/mol. The van der Waals surface area contributed by atoms with Gasteiger partial charge in [-0.2, -0.15) is 0 Å². The van der Waals surface area contributed by atoms with E-state index in [9.17, 15) is 19.1 Å². The molecule has 3 atom stereocenters. The molecule has 148 valence electrons. The summed E-state index contributed by atoms with van der Waals surface area (Å²) in [6.07, 6.45) is 4.10. The Morgan fingerprint density at radius 3 is 2.26 bits per heavy atom. The Balaban J connectivity index is 1.58. The van der Waals surface area contributed by atoms with Crippen molar-refractivity contribution in [2.75, 3.05) is 20.2 Å². The van der Waals surface area contributed by atoms with Crippen LogP contribution in [-0.2, 0) is 14.3 Å². The molecule has 0 aromatic heterocycles. The molecule has 5 nitrogen and oxygen atoms in total. The molecule has 27 heavy (non-hydrogen) atoms. The van der Waals surface area contributed by atoms with E-state index < -0.39 is 6.10 Å². The molecule has 0 radical (unpaired) electrons. The van der Waals surface area contributed by atoms with Gasteiger partial charge in [0, 0.05) is 13.1 Å². The molecule has 1 aliphatic heterocycles. The number of likely N-dealkylation sites (tertiary alicyclic amines) is 1. The number of piperidine rings is 1. The highest BCUT2D eigenvalue weighted by Gasteiger charge is 2.39. The fourth-order valence-electron chi connectivity index (χ4n) is 4.46. The predicted octanol–water partition coefficient (Wildman–Crippen LogP) is 3.08. The van der Waals surface area contributed by atoms with E-state index >= 15 is 0 Å². The molecule has 0 spiro atoms. The van der Waals surface area contributed by atoms with E-state index in [0.29, 0.717) is 37.9 Å². The van der Waals surface area contributed by atoms with Crippen molar-refractivity contribution in [2.24, 2.45) is 17.8 Å². The quantitative estimate of drug-likeness (QED) is 0.819. The number of amides is 1.